The maximum Gasteiger partial charge on any atom is 0.0710 e. The van der Waals surface area contributed by atoms with Crippen molar-refractivity contribution in [3.63, 3.8) is 0 Å². The second-order valence-electron chi connectivity index (χ2n) is 16.8. The molecule has 0 fully saturated rings. The Morgan fingerprint density at radius 3 is 1.12 bits per heavy atom. The highest BCUT2D eigenvalue weighted by Gasteiger charge is 2.17. The van der Waals surface area contributed by atoms with Crippen molar-refractivity contribution in [3.05, 3.63) is 230 Å². The molecular weight excluding hydrogens is 777 g/mol. The number of hydrogen-bond acceptors (Lipinski definition) is 2. The number of nitrogens with zero attached hydrogens (tertiary/aromatic N) is 4. The first-order valence-corrected chi connectivity index (χ1v) is 21.9. The van der Waals surface area contributed by atoms with E-state index in [0.717, 1.165) is 45.0 Å². The van der Waals surface area contributed by atoms with E-state index in [-0.39, 0.29) is 0 Å². The number of hydrogen-bond donors (Lipinski definition) is 0. The van der Waals surface area contributed by atoms with Gasteiger partial charge >= 0.3 is 0 Å². The minimum absolute atomic E-state index is 0.942. The normalized spacial score (nSPS) is 11.6. The van der Waals surface area contributed by atoms with Crippen molar-refractivity contribution in [1.82, 2.24) is 19.1 Å². The lowest BCUT2D eigenvalue weighted by molar-refractivity contribution is 1.17. The SMILES string of the molecule is Cc1cc(-n2c3ccccc3c3cc(-c4ccccc4)ccc32)ccc1-c1cc(-c2ccnc(-c3ccc(-n4c5ccccc5c5cc(-c6ccccc6)ccc54)cc3C)c2)ccn1. The van der Waals surface area contributed by atoms with Crippen LogP contribution in [0.15, 0.2) is 219 Å². The van der Waals surface area contributed by atoms with E-state index < -0.39 is 0 Å². The Hall–Kier alpha value is -8.34. The Kier molecular flexibility index (Phi) is 8.91. The summed E-state index contributed by atoms with van der Waals surface area (Å²) in [6.07, 6.45) is 3.84. The number of aryl methyl sites for hydroxylation is 2. The Morgan fingerprint density at radius 1 is 0.297 bits per heavy atom. The van der Waals surface area contributed by atoms with Gasteiger partial charge in [0.15, 0.2) is 0 Å². The van der Waals surface area contributed by atoms with E-state index in [1.54, 1.807) is 0 Å². The van der Waals surface area contributed by atoms with E-state index >= 15 is 0 Å². The summed E-state index contributed by atoms with van der Waals surface area (Å²) in [5.41, 5.74) is 20.5. The molecule has 0 aliphatic heterocycles. The van der Waals surface area contributed by atoms with E-state index in [2.05, 4.69) is 229 Å². The van der Waals surface area contributed by atoms with Gasteiger partial charge in [0.2, 0.25) is 0 Å². The summed E-state index contributed by atoms with van der Waals surface area (Å²) in [6, 6.07) is 74.4. The molecule has 0 spiro atoms. The van der Waals surface area contributed by atoms with Crippen LogP contribution < -0.4 is 0 Å². The lowest BCUT2D eigenvalue weighted by Crippen LogP contribution is -1.97. The summed E-state index contributed by atoms with van der Waals surface area (Å²) in [4.78, 5) is 9.79. The van der Waals surface area contributed by atoms with Crippen molar-refractivity contribution in [2.45, 2.75) is 13.8 Å². The van der Waals surface area contributed by atoms with Crippen LogP contribution in [0.3, 0.4) is 0 Å². The fourth-order valence-corrected chi connectivity index (χ4v) is 9.79. The molecule has 4 heteroatoms. The first-order valence-electron chi connectivity index (χ1n) is 21.9. The maximum atomic E-state index is 4.89. The topological polar surface area (TPSA) is 35.6 Å². The van der Waals surface area contributed by atoms with Gasteiger partial charge in [0.25, 0.3) is 0 Å². The van der Waals surface area contributed by atoms with Gasteiger partial charge in [-0.25, -0.2) is 0 Å². The van der Waals surface area contributed by atoms with Gasteiger partial charge in [0.1, 0.15) is 0 Å². The molecule has 0 amide bonds. The predicted molar refractivity (Wildman–Crippen MR) is 267 cm³/mol. The van der Waals surface area contributed by atoms with Crippen LogP contribution in [0.1, 0.15) is 11.1 Å². The molecule has 64 heavy (non-hydrogen) atoms. The molecule has 0 unspecified atom stereocenters. The second-order valence-corrected chi connectivity index (χ2v) is 16.8. The van der Waals surface area contributed by atoms with Gasteiger partial charge in [-0.1, -0.05) is 121 Å². The molecule has 4 heterocycles. The molecule has 0 bridgehead atoms. The smallest absolute Gasteiger partial charge is 0.0710 e. The first-order chi connectivity index (χ1) is 31.6. The zero-order valence-electron chi connectivity index (χ0n) is 35.6. The third-order valence-corrected chi connectivity index (χ3v) is 12.9. The lowest BCUT2D eigenvalue weighted by atomic mass is 9.98. The second kappa shape index (κ2) is 15.2. The summed E-state index contributed by atoms with van der Waals surface area (Å²) in [6.45, 7) is 4.37. The number of pyridine rings is 2. The largest absolute Gasteiger partial charge is 0.309 e. The van der Waals surface area contributed by atoms with Gasteiger partial charge in [0, 0.05) is 56.4 Å². The van der Waals surface area contributed by atoms with Crippen molar-refractivity contribution in [3.8, 4) is 67.3 Å². The van der Waals surface area contributed by atoms with Gasteiger partial charge in [-0.3, -0.25) is 9.97 Å². The first kappa shape index (κ1) is 37.4. The number of rotatable bonds is 7. The van der Waals surface area contributed by atoms with Crippen LogP contribution in [0, 0.1) is 13.8 Å². The van der Waals surface area contributed by atoms with E-state index in [4.69, 9.17) is 9.97 Å². The summed E-state index contributed by atoms with van der Waals surface area (Å²) < 4.78 is 4.77. The Labute approximate surface area is 372 Å². The molecule has 8 aromatic carbocycles. The fraction of sp³-hybridized carbons (Fsp3) is 0.0333. The van der Waals surface area contributed by atoms with Crippen molar-refractivity contribution in [2.75, 3.05) is 0 Å². The van der Waals surface area contributed by atoms with Crippen molar-refractivity contribution in [1.29, 1.82) is 0 Å². The van der Waals surface area contributed by atoms with Gasteiger partial charge < -0.3 is 9.13 Å². The fourth-order valence-electron chi connectivity index (χ4n) is 9.79. The van der Waals surface area contributed by atoms with Crippen molar-refractivity contribution >= 4 is 43.6 Å². The molecular formula is C60H42N4. The summed E-state index contributed by atoms with van der Waals surface area (Å²) in [5, 5.41) is 4.99. The average Bonchev–Trinajstić information content (AvgIpc) is 3.87. The molecule has 0 aliphatic carbocycles. The third-order valence-electron chi connectivity index (χ3n) is 12.9. The van der Waals surface area contributed by atoms with Crippen LogP contribution >= 0.6 is 0 Å². The summed E-state index contributed by atoms with van der Waals surface area (Å²) in [5.74, 6) is 0. The van der Waals surface area contributed by atoms with E-state index in [1.807, 2.05) is 12.4 Å². The highest BCUT2D eigenvalue weighted by atomic mass is 15.0. The highest BCUT2D eigenvalue weighted by molar-refractivity contribution is 6.11. The Morgan fingerprint density at radius 2 is 0.688 bits per heavy atom. The van der Waals surface area contributed by atoms with E-state index in [9.17, 15) is 0 Å². The Balaban J connectivity index is 0.863. The summed E-state index contributed by atoms with van der Waals surface area (Å²) >= 11 is 0. The van der Waals surface area contributed by atoms with Crippen LogP contribution in [0.4, 0.5) is 0 Å². The standard InChI is InChI=1S/C60H42N4/c1-39-33-47(63-57-19-11-9-17-51(57)53-35-43(21-27-59(53)63)41-13-5-3-6-14-41)23-25-49(39)55-37-45(29-31-61-55)46-30-32-62-56(38-46)50-26-24-48(34-40(50)2)64-58-20-12-10-18-52(58)54-36-44(22-28-60(54)64)42-15-7-4-8-16-42/h3-38H,1-2H3. The lowest BCUT2D eigenvalue weighted by Gasteiger charge is -2.14. The molecule has 0 atom stereocenters. The molecule has 302 valence electrons. The minimum Gasteiger partial charge on any atom is -0.309 e. The van der Waals surface area contributed by atoms with E-state index in [1.165, 1.54) is 77.0 Å². The predicted octanol–water partition coefficient (Wildman–Crippen LogP) is 15.6. The zero-order valence-corrected chi connectivity index (χ0v) is 35.6. The average molecular weight is 819 g/mol. The number of para-hydroxylation sites is 2. The molecule has 12 aromatic rings. The minimum atomic E-state index is 0.942. The highest BCUT2D eigenvalue weighted by Crippen LogP contribution is 2.39. The van der Waals surface area contributed by atoms with Crippen LogP contribution in [0.2, 0.25) is 0 Å². The van der Waals surface area contributed by atoms with Crippen molar-refractivity contribution in [2.24, 2.45) is 0 Å². The molecule has 12 rings (SSSR count). The van der Waals surface area contributed by atoms with Crippen LogP contribution in [-0.4, -0.2) is 19.1 Å². The van der Waals surface area contributed by atoms with Crippen LogP contribution in [0.5, 0.6) is 0 Å². The third kappa shape index (κ3) is 6.30. The monoisotopic (exact) mass is 818 g/mol. The molecule has 0 saturated carbocycles. The molecule has 0 aliphatic rings. The maximum absolute atomic E-state index is 4.89. The van der Waals surface area contributed by atoms with Gasteiger partial charge in [-0.15, -0.1) is 0 Å². The Bertz CT molecular complexity index is 3500. The number of benzene rings is 8. The number of aromatic nitrogens is 4. The van der Waals surface area contributed by atoms with Gasteiger partial charge in [-0.05, 0) is 143 Å². The molecule has 4 nitrogen and oxygen atoms in total. The molecule has 4 aromatic heterocycles. The molecule has 0 radical (unpaired) electrons. The van der Waals surface area contributed by atoms with E-state index in [0.29, 0.717) is 0 Å². The van der Waals surface area contributed by atoms with Crippen LogP contribution in [-0.2, 0) is 0 Å². The van der Waals surface area contributed by atoms with Crippen LogP contribution in [0.25, 0.3) is 111 Å². The summed E-state index contributed by atoms with van der Waals surface area (Å²) in [7, 11) is 0. The number of fused-ring (bicyclic) bond motifs is 6. The molecule has 0 saturated heterocycles. The van der Waals surface area contributed by atoms with Gasteiger partial charge in [-0.2, -0.15) is 0 Å². The van der Waals surface area contributed by atoms with Gasteiger partial charge in [0.05, 0.1) is 33.5 Å². The van der Waals surface area contributed by atoms with Crippen molar-refractivity contribution < 1.29 is 0 Å². The molecule has 0 N–H and O–H groups in total. The zero-order chi connectivity index (χ0) is 42.7. The quantitative estimate of drug-likeness (QED) is 0.161.